The summed E-state index contributed by atoms with van der Waals surface area (Å²) in [6.45, 7) is 5.94. The highest BCUT2D eigenvalue weighted by atomic mass is 16.6. The Balaban J connectivity index is 1.95. The fourth-order valence-corrected chi connectivity index (χ4v) is 1.84. The zero-order valence-corrected chi connectivity index (χ0v) is 11.9. The van der Waals surface area contributed by atoms with Crippen LogP contribution in [0, 0.1) is 0 Å². The first-order valence-corrected chi connectivity index (χ1v) is 6.49. The first kappa shape index (κ1) is 14.3. The quantitative estimate of drug-likeness (QED) is 0.844. The molecule has 0 saturated carbocycles. The van der Waals surface area contributed by atoms with Gasteiger partial charge < -0.3 is 4.74 Å². The Bertz CT molecular complexity index is 600. The minimum atomic E-state index is -0.507. The molecule has 5 nitrogen and oxygen atoms in total. The lowest BCUT2D eigenvalue weighted by Gasteiger charge is -2.19. The SMILES string of the molecule is CC(C)(C)OC(=O)NNCc1cncc2ccccc12. The Kier molecular flexibility index (Phi) is 4.20. The lowest BCUT2D eigenvalue weighted by molar-refractivity contribution is 0.0497. The third kappa shape index (κ3) is 3.93. The molecule has 0 atom stereocenters. The molecule has 20 heavy (non-hydrogen) atoms. The van der Waals surface area contributed by atoms with Gasteiger partial charge >= 0.3 is 6.09 Å². The number of rotatable bonds is 3. The van der Waals surface area contributed by atoms with Crippen LogP contribution in [0.15, 0.2) is 36.7 Å². The minimum absolute atomic E-state index is 0.480. The molecule has 1 heterocycles. The van der Waals surface area contributed by atoms with Crippen LogP contribution in [0.4, 0.5) is 4.79 Å². The number of nitrogens with zero attached hydrogens (tertiary/aromatic N) is 1. The molecule has 1 aromatic heterocycles. The van der Waals surface area contributed by atoms with Gasteiger partial charge in [0.2, 0.25) is 0 Å². The van der Waals surface area contributed by atoms with E-state index in [0.717, 1.165) is 16.3 Å². The molecule has 0 bridgehead atoms. The molecule has 0 aliphatic rings. The molecule has 0 spiro atoms. The fourth-order valence-electron chi connectivity index (χ4n) is 1.84. The van der Waals surface area contributed by atoms with Crippen LogP contribution in [0.3, 0.4) is 0 Å². The standard InChI is InChI=1S/C15H19N3O2/c1-15(2,3)20-14(19)18-17-10-12-9-16-8-11-6-4-5-7-13(11)12/h4-9,17H,10H2,1-3H3,(H,18,19). The average molecular weight is 273 g/mol. The zero-order chi connectivity index (χ0) is 14.6. The van der Waals surface area contributed by atoms with Gasteiger partial charge in [-0.3, -0.25) is 10.4 Å². The number of fused-ring (bicyclic) bond motifs is 1. The van der Waals surface area contributed by atoms with Crippen molar-refractivity contribution in [2.75, 3.05) is 0 Å². The van der Waals surface area contributed by atoms with Gasteiger partial charge in [0.1, 0.15) is 5.60 Å². The fraction of sp³-hybridized carbons (Fsp3) is 0.333. The van der Waals surface area contributed by atoms with Crippen LogP contribution in [0.1, 0.15) is 26.3 Å². The molecule has 1 amide bonds. The maximum absolute atomic E-state index is 11.5. The van der Waals surface area contributed by atoms with E-state index in [1.54, 1.807) is 6.20 Å². The summed E-state index contributed by atoms with van der Waals surface area (Å²) in [6.07, 6.45) is 3.11. The lowest BCUT2D eigenvalue weighted by Crippen LogP contribution is -2.40. The number of amides is 1. The highest BCUT2D eigenvalue weighted by molar-refractivity contribution is 5.84. The largest absolute Gasteiger partial charge is 0.443 e. The molecule has 2 rings (SSSR count). The number of carbonyl (C=O) groups is 1. The Morgan fingerprint density at radius 3 is 2.75 bits per heavy atom. The van der Waals surface area contributed by atoms with Gasteiger partial charge in [-0.05, 0) is 31.7 Å². The van der Waals surface area contributed by atoms with Crippen molar-refractivity contribution in [1.82, 2.24) is 15.8 Å². The molecular formula is C15H19N3O2. The molecule has 0 saturated heterocycles. The van der Waals surface area contributed by atoms with Crippen molar-refractivity contribution < 1.29 is 9.53 Å². The van der Waals surface area contributed by atoms with Gasteiger partial charge in [0.25, 0.3) is 0 Å². The molecule has 106 valence electrons. The number of hydrogen-bond acceptors (Lipinski definition) is 4. The van der Waals surface area contributed by atoms with Crippen LogP contribution in [-0.2, 0) is 11.3 Å². The van der Waals surface area contributed by atoms with Crippen molar-refractivity contribution in [2.45, 2.75) is 32.9 Å². The molecule has 0 radical (unpaired) electrons. The number of pyridine rings is 1. The number of ether oxygens (including phenoxy) is 1. The van der Waals surface area contributed by atoms with E-state index in [-0.39, 0.29) is 0 Å². The Morgan fingerprint density at radius 1 is 1.25 bits per heavy atom. The first-order chi connectivity index (χ1) is 9.46. The first-order valence-electron chi connectivity index (χ1n) is 6.49. The summed E-state index contributed by atoms with van der Waals surface area (Å²) >= 11 is 0. The van der Waals surface area contributed by atoms with Crippen LogP contribution in [-0.4, -0.2) is 16.7 Å². The summed E-state index contributed by atoms with van der Waals surface area (Å²) in [5, 5.41) is 2.19. The minimum Gasteiger partial charge on any atom is -0.443 e. The van der Waals surface area contributed by atoms with Crippen molar-refractivity contribution in [3.63, 3.8) is 0 Å². The van der Waals surface area contributed by atoms with E-state index in [4.69, 9.17) is 4.74 Å². The summed E-state index contributed by atoms with van der Waals surface area (Å²) in [5.41, 5.74) is 5.87. The number of nitrogens with one attached hydrogen (secondary N) is 2. The van der Waals surface area contributed by atoms with Crippen molar-refractivity contribution in [3.05, 3.63) is 42.2 Å². The van der Waals surface area contributed by atoms with Crippen LogP contribution in [0.25, 0.3) is 10.8 Å². The van der Waals surface area contributed by atoms with Gasteiger partial charge in [-0.25, -0.2) is 10.2 Å². The van der Waals surface area contributed by atoms with Crippen molar-refractivity contribution >= 4 is 16.9 Å². The third-order valence-corrected chi connectivity index (χ3v) is 2.62. The Morgan fingerprint density at radius 2 is 2.00 bits per heavy atom. The molecular weight excluding hydrogens is 254 g/mol. The molecule has 0 aliphatic carbocycles. The molecule has 2 N–H and O–H groups in total. The number of aromatic nitrogens is 1. The maximum atomic E-state index is 11.5. The predicted molar refractivity (Wildman–Crippen MR) is 78.0 cm³/mol. The van der Waals surface area contributed by atoms with E-state index in [2.05, 4.69) is 15.8 Å². The number of carbonyl (C=O) groups excluding carboxylic acids is 1. The summed E-state index contributed by atoms with van der Waals surface area (Å²) < 4.78 is 5.13. The molecule has 0 aliphatic heterocycles. The second-order valence-corrected chi connectivity index (χ2v) is 5.50. The van der Waals surface area contributed by atoms with E-state index in [1.165, 1.54) is 0 Å². The molecule has 1 aromatic carbocycles. The van der Waals surface area contributed by atoms with Gasteiger partial charge in [-0.15, -0.1) is 0 Å². The van der Waals surface area contributed by atoms with E-state index in [0.29, 0.717) is 6.54 Å². The average Bonchev–Trinajstić information content (AvgIpc) is 2.37. The monoisotopic (exact) mass is 273 g/mol. The lowest BCUT2D eigenvalue weighted by atomic mass is 10.1. The Hall–Kier alpha value is -2.14. The van der Waals surface area contributed by atoms with Crippen LogP contribution in [0.2, 0.25) is 0 Å². The van der Waals surface area contributed by atoms with Crippen molar-refractivity contribution in [2.24, 2.45) is 0 Å². The molecule has 2 aromatic rings. The second kappa shape index (κ2) is 5.88. The number of hydrazine groups is 1. The van der Waals surface area contributed by atoms with Crippen LogP contribution in [0.5, 0.6) is 0 Å². The second-order valence-electron chi connectivity index (χ2n) is 5.50. The van der Waals surface area contributed by atoms with E-state index in [9.17, 15) is 4.79 Å². The van der Waals surface area contributed by atoms with Gasteiger partial charge in [0, 0.05) is 24.3 Å². The summed E-state index contributed by atoms with van der Waals surface area (Å²) in [4.78, 5) is 15.7. The zero-order valence-electron chi connectivity index (χ0n) is 11.9. The normalized spacial score (nSPS) is 11.3. The van der Waals surface area contributed by atoms with E-state index < -0.39 is 11.7 Å². The van der Waals surface area contributed by atoms with Crippen molar-refractivity contribution in [3.8, 4) is 0 Å². The number of hydrogen-bond donors (Lipinski definition) is 2. The summed E-state index contributed by atoms with van der Waals surface area (Å²) in [7, 11) is 0. The van der Waals surface area contributed by atoms with E-state index in [1.807, 2.05) is 51.2 Å². The summed E-state index contributed by atoms with van der Waals surface area (Å²) in [5.74, 6) is 0. The van der Waals surface area contributed by atoms with Gasteiger partial charge in [0.15, 0.2) is 0 Å². The predicted octanol–water partition coefficient (Wildman–Crippen LogP) is 2.76. The Labute approximate surface area is 118 Å². The summed E-state index contributed by atoms with van der Waals surface area (Å²) in [6, 6.07) is 7.99. The van der Waals surface area contributed by atoms with Gasteiger partial charge in [-0.1, -0.05) is 24.3 Å². The maximum Gasteiger partial charge on any atom is 0.422 e. The van der Waals surface area contributed by atoms with Gasteiger partial charge in [0.05, 0.1) is 0 Å². The molecule has 5 heteroatoms. The highest BCUT2D eigenvalue weighted by Gasteiger charge is 2.15. The van der Waals surface area contributed by atoms with Crippen LogP contribution < -0.4 is 10.9 Å². The topological polar surface area (TPSA) is 63.2 Å². The highest BCUT2D eigenvalue weighted by Crippen LogP contribution is 2.16. The third-order valence-electron chi connectivity index (χ3n) is 2.62. The van der Waals surface area contributed by atoms with Crippen LogP contribution >= 0.6 is 0 Å². The molecule has 0 fully saturated rings. The number of benzene rings is 1. The smallest absolute Gasteiger partial charge is 0.422 e. The molecule has 0 unspecified atom stereocenters. The van der Waals surface area contributed by atoms with Crippen molar-refractivity contribution in [1.29, 1.82) is 0 Å². The van der Waals surface area contributed by atoms with E-state index >= 15 is 0 Å². The van der Waals surface area contributed by atoms with Gasteiger partial charge in [-0.2, -0.15) is 0 Å².